The Morgan fingerprint density at radius 3 is 1.90 bits per heavy atom. The number of hydrogen-bond donors (Lipinski definition) is 0. The standard InChI is InChI=1S/C16H15Cl3Si/c1-13(14-8-4-2-5-9-14)16(12-20(17,18)19)15-10-6-3-7-11-15/h2-11,16H,1,12H2. The number of allylic oxidation sites excluding steroid dienone is 1. The Labute approximate surface area is 135 Å². The lowest BCUT2D eigenvalue weighted by Crippen LogP contribution is -2.15. The minimum absolute atomic E-state index is 0.0396. The maximum atomic E-state index is 6.14. The van der Waals surface area contributed by atoms with E-state index in [4.69, 9.17) is 33.2 Å². The molecule has 2 aromatic carbocycles. The number of benzene rings is 2. The van der Waals surface area contributed by atoms with E-state index in [0.717, 1.165) is 16.7 Å². The molecule has 0 spiro atoms. The van der Waals surface area contributed by atoms with E-state index in [2.05, 4.69) is 18.7 Å². The molecule has 4 heteroatoms. The second-order valence-electron chi connectivity index (χ2n) is 4.67. The molecule has 2 aromatic rings. The van der Waals surface area contributed by atoms with Gasteiger partial charge in [0.1, 0.15) is 0 Å². The van der Waals surface area contributed by atoms with E-state index in [0.29, 0.717) is 6.04 Å². The van der Waals surface area contributed by atoms with E-state index < -0.39 is 6.00 Å². The van der Waals surface area contributed by atoms with Gasteiger partial charge in [-0.2, -0.15) is 0 Å². The SMILES string of the molecule is C=C(c1ccccc1)C(C[Si](Cl)(Cl)Cl)c1ccccc1. The van der Waals surface area contributed by atoms with Crippen LogP contribution in [-0.2, 0) is 0 Å². The van der Waals surface area contributed by atoms with Crippen molar-refractivity contribution in [1.29, 1.82) is 0 Å². The van der Waals surface area contributed by atoms with Crippen LogP contribution in [0.1, 0.15) is 17.0 Å². The largest absolute Gasteiger partial charge is 0.342 e. The zero-order valence-electron chi connectivity index (χ0n) is 10.9. The molecule has 0 radical (unpaired) electrons. The van der Waals surface area contributed by atoms with E-state index in [1.807, 2.05) is 48.5 Å². The van der Waals surface area contributed by atoms with Gasteiger partial charge in [-0.15, -0.1) is 33.2 Å². The second-order valence-corrected chi connectivity index (χ2v) is 13.9. The average molecular weight is 342 g/mol. The first-order valence-electron chi connectivity index (χ1n) is 6.33. The highest BCUT2D eigenvalue weighted by Gasteiger charge is 2.32. The molecule has 0 bridgehead atoms. The zero-order valence-corrected chi connectivity index (χ0v) is 14.2. The van der Waals surface area contributed by atoms with Crippen LogP contribution < -0.4 is 0 Å². The molecule has 0 heterocycles. The van der Waals surface area contributed by atoms with E-state index in [1.54, 1.807) is 0 Å². The summed E-state index contributed by atoms with van der Waals surface area (Å²) in [6.45, 7) is 4.23. The molecule has 0 saturated carbocycles. The average Bonchev–Trinajstić information content (AvgIpc) is 2.45. The highest BCUT2D eigenvalue weighted by molar-refractivity contribution is 7.64. The first-order chi connectivity index (χ1) is 9.47. The van der Waals surface area contributed by atoms with E-state index in [1.165, 1.54) is 0 Å². The molecule has 0 N–H and O–H groups in total. The maximum Gasteiger partial charge on any atom is 0.342 e. The summed E-state index contributed by atoms with van der Waals surface area (Å²) in [5.41, 5.74) is 3.22. The van der Waals surface area contributed by atoms with Gasteiger partial charge >= 0.3 is 6.00 Å². The van der Waals surface area contributed by atoms with Crippen molar-refractivity contribution < 1.29 is 0 Å². The molecule has 0 fully saturated rings. The molecule has 2 rings (SSSR count). The lowest BCUT2D eigenvalue weighted by Gasteiger charge is -2.23. The smallest absolute Gasteiger partial charge is 0.126 e. The third-order valence-corrected chi connectivity index (χ3v) is 5.46. The molecule has 1 unspecified atom stereocenters. The van der Waals surface area contributed by atoms with Crippen molar-refractivity contribution in [1.82, 2.24) is 0 Å². The highest BCUT2D eigenvalue weighted by atomic mass is 35.8. The minimum Gasteiger partial charge on any atom is -0.126 e. The van der Waals surface area contributed by atoms with Crippen LogP contribution in [0.15, 0.2) is 67.2 Å². The van der Waals surface area contributed by atoms with Crippen LogP contribution in [0.25, 0.3) is 5.57 Å². The molecule has 1 atom stereocenters. The van der Waals surface area contributed by atoms with Crippen LogP contribution in [0.2, 0.25) is 6.04 Å². The quantitative estimate of drug-likeness (QED) is 0.452. The van der Waals surface area contributed by atoms with E-state index in [-0.39, 0.29) is 5.92 Å². The van der Waals surface area contributed by atoms with Crippen molar-refractivity contribution in [3.63, 3.8) is 0 Å². The predicted molar refractivity (Wildman–Crippen MR) is 92.8 cm³/mol. The Bertz CT molecular complexity index is 561. The highest BCUT2D eigenvalue weighted by Crippen LogP contribution is 2.41. The summed E-state index contributed by atoms with van der Waals surface area (Å²) < 4.78 is 0. The normalized spacial score (nSPS) is 12.9. The van der Waals surface area contributed by atoms with Crippen LogP contribution in [0.3, 0.4) is 0 Å². The van der Waals surface area contributed by atoms with Gasteiger partial charge in [0.05, 0.1) is 0 Å². The number of halogens is 3. The molecule has 0 nitrogen and oxygen atoms in total. The van der Waals surface area contributed by atoms with Gasteiger partial charge < -0.3 is 0 Å². The van der Waals surface area contributed by atoms with Crippen LogP contribution in [0.4, 0.5) is 0 Å². The van der Waals surface area contributed by atoms with Crippen molar-refractivity contribution >= 4 is 44.8 Å². The fraction of sp³-hybridized carbons (Fsp3) is 0.125. The number of rotatable bonds is 5. The fourth-order valence-electron chi connectivity index (χ4n) is 2.21. The summed E-state index contributed by atoms with van der Waals surface area (Å²) in [6.07, 6.45) is 0. The third-order valence-electron chi connectivity index (χ3n) is 3.20. The summed E-state index contributed by atoms with van der Waals surface area (Å²) in [6, 6.07) is 18.0. The molecule has 0 aliphatic rings. The minimum atomic E-state index is -2.74. The molecular weight excluding hydrogens is 327 g/mol. The van der Waals surface area contributed by atoms with Gasteiger partial charge in [0.2, 0.25) is 0 Å². The molecule has 0 amide bonds. The molecule has 0 saturated heterocycles. The summed E-state index contributed by atoms with van der Waals surface area (Å²) in [5, 5.41) is 0. The topological polar surface area (TPSA) is 0 Å². The van der Waals surface area contributed by atoms with Crippen molar-refractivity contribution in [2.75, 3.05) is 0 Å². The Kier molecular flexibility index (Phi) is 5.33. The first kappa shape index (κ1) is 15.7. The first-order valence-corrected chi connectivity index (χ1v) is 11.6. The van der Waals surface area contributed by atoms with Gasteiger partial charge in [-0.1, -0.05) is 67.2 Å². The molecule has 0 aromatic heterocycles. The second kappa shape index (κ2) is 6.82. The van der Waals surface area contributed by atoms with Crippen LogP contribution in [0.5, 0.6) is 0 Å². The summed E-state index contributed by atoms with van der Waals surface area (Å²) in [4.78, 5) is 0. The number of hydrogen-bond acceptors (Lipinski definition) is 0. The van der Waals surface area contributed by atoms with Crippen LogP contribution in [0, 0.1) is 0 Å². The molecule has 104 valence electrons. The third kappa shape index (κ3) is 4.39. The molecular formula is C16H15Cl3Si. The summed E-state index contributed by atoms with van der Waals surface area (Å²) in [7, 11) is 0. The van der Waals surface area contributed by atoms with Gasteiger partial charge in [0, 0.05) is 5.92 Å². The van der Waals surface area contributed by atoms with Gasteiger partial charge in [-0.25, -0.2) is 0 Å². The van der Waals surface area contributed by atoms with Crippen molar-refractivity contribution in [3.05, 3.63) is 78.4 Å². The predicted octanol–water partition coefficient (Wildman–Crippen LogP) is 6.14. The lowest BCUT2D eigenvalue weighted by atomic mass is 9.89. The molecule has 20 heavy (non-hydrogen) atoms. The van der Waals surface area contributed by atoms with Crippen LogP contribution >= 0.6 is 33.2 Å². The fourth-order valence-corrected chi connectivity index (χ4v) is 4.55. The van der Waals surface area contributed by atoms with Crippen molar-refractivity contribution in [3.8, 4) is 0 Å². The van der Waals surface area contributed by atoms with Crippen LogP contribution in [-0.4, -0.2) is 6.00 Å². The molecule has 0 aliphatic carbocycles. The lowest BCUT2D eigenvalue weighted by molar-refractivity contribution is 0.981. The Hall–Kier alpha value is -0.733. The van der Waals surface area contributed by atoms with Gasteiger partial charge in [0.15, 0.2) is 0 Å². The van der Waals surface area contributed by atoms with Crippen molar-refractivity contribution in [2.45, 2.75) is 12.0 Å². The Balaban J connectivity index is 2.35. The van der Waals surface area contributed by atoms with E-state index in [9.17, 15) is 0 Å². The van der Waals surface area contributed by atoms with Gasteiger partial charge in [-0.05, 0) is 22.7 Å². The Morgan fingerprint density at radius 1 is 0.900 bits per heavy atom. The maximum absolute atomic E-state index is 6.14. The molecule has 0 aliphatic heterocycles. The zero-order chi connectivity index (χ0) is 14.6. The van der Waals surface area contributed by atoms with Crippen molar-refractivity contribution in [2.24, 2.45) is 0 Å². The Morgan fingerprint density at radius 2 is 1.40 bits per heavy atom. The summed E-state index contributed by atoms with van der Waals surface area (Å²) >= 11 is 18.4. The summed E-state index contributed by atoms with van der Waals surface area (Å²) in [5.74, 6) is 0.0396. The van der Waals surface area contributed by atoms with E-state index >= 15 is 0 Å². The monoisotopic (exact) mass is 340 g/mol. The van der Waals surface area contributed by atoms with Gasteiger partial charge in [0.25, 0.3) is 0 Å². The van der Waals surface area contributed by atoms with Gasteiger partial charge in [-0.3, -0.25) is 0 Å².